The summed E-state index contributed by atoms with van der Waals surface area (Å²) in [4.78, 5) is 10.9. The van der Waals surface area contributed by atoms with Gasteiger partial charge >= 0.3 is 0 Å². The van der Waals surface area contributed by atoms with Crippen LogP contribution in [0.3, 0.4) is 0 Å². The van der Waals surface area contributed by atoms with E-state index in [-0.39, 0.29) is 11.9 Å². The van der Waals surface area contributed by atoms with E-state index < -0.39 is 0 Å². The van der Waals surface area contributed by atoms with Crippen LogP contribution >= 0.6 is 0 Å². The fourth-order valence-corrected chi connectivity index (χ4v) is 1.67. The van der Waals surface area contributed by atoms with Gasteiger partial charge in [-0.3, -0.25) is 4.79 Å². The molecule has 0 heterocycles. The van der Waals surface area contributed by atoms with Crippen molar-refractivity contribution in [2.45, 2.75) is 39.7 Å². The van der Waals surface area contributed by atoms with Crippen LogP contribution < -0.4 is 5.32 Å². The van der Waals surface area contributed by atoms with Gasteiger partial charge in [0, 0.05) is 6.92 Å². The standard InChI is InChI=1S/C15H21NO/c1-4-5-6-7-14-8-10-15(11-9-14)12(2)16-13(3)17/h6-12H,4-5H2,1-3H3,(H,16,17)/b7-6+/t12-/m0/s1. The number of amides is 1. The number of rotatable bonds is 5. The van der Waals surface area contributed by atoms with Gasteiger partial charge in [0.15, 0.2) is 0 Å². The Hall–Kier alpha value is -1.57. The monoisotopic (exact) mass is 231 g/mol. The van der Waals surface area contributed by atoms with Gasteiger partial charge in [0.1, 0.15) is 0 Å². The first-order valence-electron chi connectivity index (χ1n) is 6.17. The topological polar surface area (TPSA) is 29.1 Å². The van der Waals surface area contributed by atoms with Gasteiger partial charge in [-0.25, -0.2) is 0 Å². The van der Waals surface area contributed by atoms with E-state index in [1.54, 1.807) is 6.92 Å². The lowest BCUT2D eigenvalue weighted by atomic mass is 10.1. The molecule has 0 aliphatic heterocycles. The Bertz CT molecular complexity index is 378. The average molecular weight is 231 g/mol. The summed E-state index contributed by atoms with van der Waals surface area (Å²) in [5.41, 5.74) is 2.34. The minimum Gasteiger partial charge on any atom is -0.350 e. The van der Waals surface area contributed by atoms with Gasteiger partial charge in [0.25, 0.3) is 0 Å². The molecular weight excluding hydrogens is 210 g/mol. The van der Waals surface area contributed by atoms with Crippen molar-refractivity contribution in [2.75, 3.05) is 0 Å². The Morgan fingerprint density at radius 1 is 1.35 bits per heavy atom. The van der Waals surface area contributed by atoms with Crippen LogP contribution in [0.5, 0.6) is 0 Å². The third-order valence-electron chi connectivity index (χ3n) is 2.62. The third-order valence-corrected chi connectivity index (χ3v) is 2.62. The van der Waals surface area contributed by atoms with E-state index in [4.69, 9.17) is 0 Å². The quantitative estimate of drug-likeness (QED) is 0.822. The lowest BCUT2D eigenvalue weighted by molar-refractivity contribution is -0.119. The van der Waals surface area contributed by atoms with Gasteiger partial charge < -0.3 is 5.32 Å². The molecule has 0 aliphatic carbocycles. The van der Waals surface area contributed by atoms with Crippen molar-refractivity contribution in [3.8, 4) is 0 Å². The van der Waals surface area contributed by atoms with E-state index in [9.17, 15) is 4.79 Å². The maximum absolute atomic E-state index is 10.9. The molecule has 1 N–H and O–H groups in total. The Kier molecular flexibility index (Phi) is 5.47. The minimum atomic E-state index is 0.00409. The van der Waals surface area contributed by atoms with Gasteiger partial charge in [-0.1, -0.05) is 49.8 Å². The van der Waals surface area contributed by atoms with E-state index in [0.717, 1.165) is 12.0 Å². The van der Waals surface area contributed by atoms with Crippen LogP contribution in [0.4, 0.5) is 0 Å². The molecule has 0 bridgehead atoms. The predicted molar refractivity (Wildman–Crippen MR) is 72.6 cm³/mol. The lowest BCUT2D eigenvalue weighted by Crippen LogP contribution is -2.23. The Morgan fingerprint density at radius 2 is 2.00 bits per heavy atom. The molecule has 0 saturated carbocycles. The molecule has 1 rings (SSSR count). The van der Waals surface area contributed by atoms with Crippen molar-refractivity contribution in [1.82, 2.24) is 5.32 Å². The number of allylic oxidation sites excluding steroid dienone is 1. The van der Waals surface area contributed by atoms with Crippen molar-refractivity contribution in [1.29, 1.82) is 0 Å². The van der Waals surface area contributed by atoms with Crippen LogP contribution in [0.2, 0.25) is 0 Å². The zero-order valence-corrected chi connectivity index (χ0v) is 10.9. The first-order valence-corrected chi connectivity index (χ1v) is 6.17. The molecule has 92 valence electrons. The normalized spacial score (nSPS) is 12.6. The molecule has 0 aliphatic rings. The number of benzene rings is 1. The second-order valence-electron chi connectivity index (χ2n) is 4.28. The minimum absolute atomic E-state index is 0.00409. The average Bonchev–Trinajstić information content (AvgIpc) is 2.29. The number of unbranched alkanes of at least 4 members (excludes halogenated alkanes) is 1. The van der Waals surface area contributed by atoms with Gasteiger partial charge in [-0.05, 0) is 24.5 Å². The number of carbonyl (C=O) groups excluding carboxylic acids is 1. The molecule has 2 heteroatoms. The summed E-state index contributed by atoms with van der Waals surface area (Å²) in [5, 5.41) is 2.87. The molecular formula is C15H21NO. The first kappa shape index (κ1) is 13.5. The summed E-state index contributed by atoms with van der Waals surface area (Å²) in [6, 6.07) is 8.36. The lowest BCUT2D eigenvalue weighted by Gasteiger charge is -2.12. The van der Waals surface area contributed by atoms with Crippen LogP contribution in [-0.2, 0) is 4.79 Å². The molecule has 0 saturated heterocycles. The van der Waals surface area contributed by atoms with E-state index >= 15 is 0 Å². The summed E-state index contributed by atoms with van der Waals surface area (Å²) in [5.74, 6) is 0.00409. The fraction of sp³-hybridized carbons (Fsp3) is 0.400. The largest absolute Gasteiger partial charge is 0.350 e. The summed E-state index contributed by atoms with van der Waals surface area (Å²) in [6.45, 7) is 5.70. The van der Waals surface area contributed by atoms with Crippen LogP contribution in [0, 0.1) is 0 Å². The van der Waals surface area contributed by atoms with Crippen LogP contribution in [0.1, 0.15) is 50.8 Å². The summed E-state index contributed by atoms with van der Waals surface area (Å²) in [7, 11) is 0. The van der Waals surface area contributed by atoms with Gasteiger partial charge in [-0.15, -0.1) is 0 Å². The Labute approximate surface area is 104 Å². The van der Waals surface area contributed by atoms with E-state index in [1.165, 1.54) is 12.0 Å². The zero-order valence-electron chi connectivity index (χ0n) is 10.9. The smallest absolute Gasteiger partial charge is 0.217 e. The fourth-order valence-electron chi connectivity index (χ4n) is 1.67. The summed E-state index contributed by atoms with van der Waals surface area (Å²) < 4.78 is 0. The predicted octanol–water partition coefficient (Wildman–Crippen LogP) is 3.70. The van der Waals surface area contributed by atoms with E-state index in [0.29, 0.717) is 0 Å². The van der Waals surface area contributed by atoms with Crippen molar-refractivity contribution >= 4 is 12.0 Å². The van der Waals surface area contributed by atoms with E-state index in [1.807, 2.05) is 6.92 Å². The molecule has 1 atom stereocenters. The highest BCUT2D eigenvalue weighted by molar-refractivity contribution is 5.73. The first-order chi connectivity index (χ1) is 8.13. The van der Waals surface area contributed by atoms with Gasteiger partial charge in [0.2, 0.25) is 5.91 Å². The zero-order chi connectivity index (χ0) is 12.7. The SMILES string of the molecule is CCC/C=C/c1ccc([C@H](C)NC(C)=O)cc1. The number of hydrogen-bond acceptors (Lipinski definition) is 1. The highest BCUT2D eigenvalue weighted by Crippen LogP contribution is 2.14. The Morgan fingerprint density at radius 3 is 2.53 bits per heavy atom. The van der Waals surface area contributed by atoms with Crippen molar-refractivity contribution < 1.29 is 4.79 Å². The number of nitrogens with one attached hydrogen (secondary N) is 1. The van der Waals surface area contributed by atoms with Crippen LogP contribution in [0.25, 0.3) is 6.08 Å². The number of hydrogen-bond donors (Lipinski definition) is 1. The highest BCUT2D eigenvalue weighted by Gasteiger charge is 2.05. The molecule has 0 aromatic heterocycles. The summed E-state index contributed by atoms with van der Waals surface area (Å²) >= 11 is 0. The van der Waals surface area contributed by atoms with Crippen LogP contribution in [-0.4, -0.2) is 5.91 Å². The molecule has 2 nitrogen and oxygen atoms in total. The highest BCUT2D eigenvalue weighted by atomic mass is 16.1. The molecule has 1 aromatic rings. The van der Waals surface area contributed by atoms with Crippen molar-refractivity contribution in [3.05, 3.63) is 41.5 Å². The van der Waals surface area contributed by atoms with Crippen molar-refractivity contribution in [2.24, 2.45) is 0 Å². The van der Waals surface area contributed by atoms with E-state index in [2.05, 4.69) is 48.7 Å². The summed E-state index contributed by atoms with van der Waals surface area (Å²) in [6.07, 6.45) is 6.61. The second kappa shape index (κ2) is 6.89. The molecule has 0 radical (unpaired) electrons. The second-order valence-corrected chi connectivity index (χ2v) is 4.28. The molecule has 0 unspecified atom stereocenters. The molecule has 0 spiro atoms. The Balaban J connectivity index is 2.64. The maximum atomic E-state index is 10.9. The number of carbonyl (C=O) groups is 1. The van der Waals surface area contributed by atoms with Crippen molar-refractivity contribution in [3.63, 3.8) is 0 Å². The van der Waals surface area contributed by atoms with Crippen LogP contribution in [0.15, 0.2) is 30.3 Å². The molecule has 1 amide bonds. The molecule has 0 fully saturated rings. The third kappa shape index (κ3) is 4.85. The van der Waals surface area contributed by atoms with Gasteiger partial charge in [-0.2, -0.15) is 0 Å². The molecule has 1 aromatic carbocycles. The van der Waals surface area contributed by atoms with Gasteiger partial charge in [0.05, 0.1) is 6.04 Å². The molecule has 17 heavy (non-hydrogen) atoms. The maximum Gasteiger partial charge on any atom is 0.217 e.